The third kappa shape index (κ3) is 2.01. The molecule has 0 radical (unpaired) electrons. The summed E-state index contributed by atoms with van der Waals surface area (Å²) in [6, 6.07) is 6.39. The van der Waals surface area contributed by atoms with E-state index >= 15 is 0 Å². The number of aromatic nitrogens is 2. The van der Waals surface area contributed by atoms with Gasteiger partial charge in [0.2, 0.25) is 0 Å². The summed E-state index contributed by atoms with van der Waals surface area (Å²) in [5, 5.41) is 5.95. The fourth-order valence-corrected chi connectivity index (χ4v) is 3.41. The monoisotopic (exact) mass is 292 g/mol. The summed E-state index contributed by atoms with van der Waals surface area (Å²) >= 11 is 3.56. The molecule has 1 fully saturated rings. The van der Waals surface area contributed by atoms with E-state index in [4.69, 9.17) is 0 Å². The van der Waals surface area contributed by atoms with Gasteiger partial charge in [0.05, 0.1) is 5.52 Å². The topological polar surface area (TPSA) is 17.8 Å². The van der Waals surface area contributed by atoms with E-state index in [2.05, 4.69) is 51.0 Å². The molecule has 0 amide bonds. The maximum Gasteiger partial charge on any atom is 0.0927 e. The van der Waals surface area contributed by atoms with Crippen LogP contribution in [0.2, 0.25) is 0 Å². The Bertz CT molecular complexity index is 538. The van der Waals surface area contributed by atoms with Gasteiger partial charge in [-0.3, -0.25) is 4.68 Å². The van der Waals surface area contributed by atoms with Gasteiger partial charge in [0.15, 0.2) is 0 Å². The van der Waals surface area contributed by atoms with Crippen LogP contribution in [0.15, 0.2) is 22.7 Å². The molecule has 2 aromatic rings. The third-order valence-electron chi connectivity index (χ3n) is 3.83. The number of hydrogen-bond acceptors (Lipinski definition) is 1. The lowest BCUT2D eigenvalue weighted by molar-refractivity contribution is 0.426. The smallest absolute Gasteiger partial charge is 0.0927 e. The van der Waals surface area contributed by atoms with Crippen LogP contribution in [0.1, 0.15) is 43.7 Å². The molecule has 17 heavy (non-hydrogen) atoms. The van der Waals surface area contributed by atoms with Crippen LogP contribution in [0.25, 0.3) is 10.9 Å². The first kappa shape index (κ1) is 11.3. The highest BCUT2D eigenvalue weighted by Gasteiger charge is 2.21. The predicted molar refractivity (Wildman–Crippen MR) is 74.2 cm³/mol. The molecule has 0 aliphatic heterocycles. The Hall–Kier alpha value is -0.830. The fourth-order valence-electron chi connectivity index (χ4n) is 3.05. The van der Waals surface area contributed by atoms with Crippen LogP contribution in [-0.2, 0) is 7.05 Å². The van der Waals surface area contributed by atoms with Crippen LogP contribution < -0.4 is 0 Å². The number of aryl methyl sites for hydroxylation is 1. The summed E-state index contributed by atoms with van der Waals surface area (Å²) < 4.78 is 3.24. The number of hydrogen-bond donors (Lipinski definition) is 0. The summed E-state index contributed by atoms with van der Waals surface area (Å²) in [5.74, 6) is 0.702. The van der Waals surface area contributed by atoms with Crippen molar-refractivity contribution < 1.29 is 0 Å². The van der Waals surface area contributed by atoms with Crippen molar-refractivity contribution in [2.75, 3.05) is 0 Å². The van der Waals surface area contributed by atoms with Gasteiger partial charge in [-0.25, -0.2) is 0 Å². The summed E-state index contributed by atoms with van der Waals surface area (Å²) in [7, 11) is 2.08. The molecule has 1 aliphatic carbocycles. The quantitative estimate of drug-likeness (QED) is 0.762. The van der Waals surface area contributed by atoms with Crippen molar-refractivity contribution in [1.82, 2.24) is 9.78 Å². The van der Waals surface area contributed by atoms with Crippen molar-refractivity contribution >= 4 is 26.8 Å². The molecule has 0 spiro atoms. The molecule has 1 aromatic carbocycles. The number of benzene rings is 1. The number of halogens is 1. The summed E-state index contributed by atoms with van der Waals surface area (Å²) in [5.41, 5.74) is 2.55. The molecular formula is C14H17BrN2. The molecule has 1 aromatic heterocycles. The summed E-state index contributed by atoms with van der Waals surface area (Å²) in [6.07, 6.45) is 6.77. The van der Waals surface area contributed by atoms with E-state index in [0.717, 1.165) is 9.99 Å². The molecule has 0 saturated heterocycles. The van der Waals surface area contributed by atoms with Crippen LogP contribution >= 0.6 is 15.9 Å². The highest BCUT2D eigenvalue weighted by molar-refractivity contribution is 9.10. The van der Waals surface area contributed by atoms with Crippen molar-refractivity contribution in [3.05, 3.63) is 28.4 Å². The first-order chi connectivity index (χ1) is 8.25. The summed E-state index contributed by atoms with van der Waals surface area (Å²) in [4.78, 5) is 0. The Kier molecular flexibility index (Phi) is 2.95. The molecule has 0 bridgehead atoms. The second-order valence-corrected chi connectivity index (χ2v) is 5.92. The van der Waals surface area contributed by atoms with Crippen molar-refractivity contribution in [2.24, 2.45) is 7.05 Å². The minimum atomic E-state index is 0.702. The molecule has 3 rings (SSSR count). The van der Waals surface area contributed by atoms with E-state index in [9.17, 15) is 0 Å². The number of fused-ring (bicyclic) bond motifs is 1. The lowest BCUT2D eigenvalue weighted by atomic mass is 9.86. The molecule has 0 atom stereocenters. The molecule has 1 heterocycles. The highest BCUT2D eigenvalue weighted by Crippen LogP contribution is 2.36. The molecule has 1 saturated carbocycles. The average Bonchev–Trinajstić information content (AvgIpc) is 2.65. The minimum Gasteiger partial charge on any atom is -0.271 e. The molecule has 90 valence electrons. The van der Waals surface area contributed by atoms with Crippen molar-refractivity contribution in [2.45, 2.75) is 38.0 Å². The zero-order valence-electron chi connectivity index (χ0n) is 10.1. The van der Waals surface area contributed by atoms with Crippen molar-refractivity contribution in [3.63, 3.8) is 0 Å². The maximum atomic E-state index is 4.63. The fraction of sp³-hybridized carbons (Fsp3) is 0.500. The Balaban J connectivity index is 2.13. The molecule has 0 N–H and O–H groups in total. The largest absolute Gasteiger partial charge is 0.271 e. The molecule has 2 nitrogen and oxygen atoms in total. The summed E-state index contributed by atoms with van der Waals surface area (Å²) in [6.45, 7) is 0. The van der Waals surface area contributed by atoms with Gasteiger partial charge in [-0.2, -0.15) is 5.10 Å². The van der Waals surface area contributed by atoms with Crippen molar-refractivity contribution in [1.29, 1.82) is 0 Å². The zero-order valence-corrected chi connectivity index (χ0v) is 11.7. The van der Waals surface area contributed by atoms with Crippen LogP contribution in [0, 0.1) is 0 Å². The average molecular weight is 293 g/mol. The van der Waals surface area contributed by atoms with E-state index in [1.807, 2.05) is 0 Å². The van der Waals surface area contributed by atoms with Gasteiger partial charge in [-0.15, -0.1) is 0 Å². The van der Waals surface area contributed by atoms with E-state index in [-0.39, 0.29) is 0 Å². The number of rotatable bonds is 1. The highest BCUT2D eigenvalue weighted by atomic mass is 79.9. The lowest BCUT2D eigenvalue weighted by Gasteiger charge is -2.22. The van der Waals surface area contributed by atoms with Crippen LogP contribution in [0.3, 0.4) is 0 Å². The van der Waals surface area contributed by atoms with Gasteiger partial charge >= 0.3 is 0 Å². The normalized spacial score (nSPS) is 17.8. The van der Waals surface area contributed by atoms with E-state index in [1.54, 1.807) is 0 Å². The Morgan fingerprint density at radius 3 is 2.76 bits per heavy atom. The van der Waals surface area contributed by atoms with E-state index < -0.39 is 0 Å². The van der Waals surface area contributed by atoms with Crippen LogP contribution in [0.4, 0.5) is 0 Å². The SMILES string of the molecule is Cn1nc2ccc(Br)cc2c1C1CCCCC1. The van der Waals surface area contributed by atoms with Crippen LogP contribution in [0.5, 0.6) is 0 Å². The van der Waals surface area contributed by atoms with E-state index in [0.29, 0.717) is 5.92 Å². The Morgan fingerprint density at radius 2 is 2.00 bits per heavy atom. The Morgan fingerprint density at radius 1 is 1.24 bits per heavy atom. The second kappa shape index (κ2) is 4.45. The first-order valence-electron chi connectivity index (χ1n) is 6.38. The van der Waals surface area contributed by atoms with Crippen molar-refractivity contribution in [3.8, 4) is 0 Å². The second-order valence-electron chi connectivity index (χ2n) is 5.01. The Labute approximate surface area is 110 Å². The van der Waals surface area contributed by atoms with Gasteiger partial charge < -0.3 is 0 Å². The number of nitrogens with zero attached hydrogens (tertiary/aromatic N) is 2. The molecule has 1 aliphatic rings. The standard InChI is InChI=1S/C14H17BrN2/c1-17-14(10-5-3-2-4-6-10)12-9-11(15)7-8-13(12)16-17/h7-10H,2-6H2,1H3. The van der Waals surface area contributed by atoms with Gasteiger partial charge in [0.25, 0.3) is 0 Å². The van der Waals surface area contributed by atoms with Gasteiger partial charge in [-0.05, 0) is 31.0 Å². The van der Waals surface area contributed by atoms with Gasteiger partial charge in [0.1, 0.15) is 0 Å². The van der Waals surface area contributed by atoms with Crippen LogP contribution in [-0.4, -0.2) is 9.78 Å². The van der Waals surface area contributed by atoms with Gasteiger partial charge in [0, 0.05) is 28.5 Å². The first-order valence-corrected chi connectivity index (χ1v) is 7.17. The predicted octanol–water partition coefficient (Wildman–Crippen LogP) is 4.38. The maximum absolute atomic E-state index is 4.63. The molecule has 3 heteroatoms. The zero-order chi connectivity index (χ0) is 11.8. The van der Waals surface area contributed by atoms with Gasteiger partial charge in [-0.1, -0.05) is 35.2 Å². The van der Waals surface area contributed by atoms with E-state index in [1.165, 1.54) is 43.2 Å². The third-order valence-corrected chi connectivity index (χ3v) is 4.33. The minimum absolute atomic E-state index is 0.702. The molecular weight excluding hydrogens is 276 g/mol. The lowest BCUT2D eigenvalue weighted by Crippen LogP contribution is -2.09. The molecule has 0 unspecified atom stereocenters.